The summed E-state index contributed by atoms with van der Waals surface area (Å²) in [5.74, 6) is -0.0354. The molecule has 1 aromatic heterocycles. The van der Waals surface area contributed by atoms with Crippen molar-refractivity contribution in [1.29, 1.82) is 5.26 Å². The molecule has 1 atom stereocenters. The summed E-state index contributed by atoms with van der Waals surface area (Å²) in [7, 11) is 0. The number of hydrogen-bond acceptors (Lipinski definition) is 6. The van der Waals surface area contributed by atoms with Crippen LogP contribution in [0.25, 0.3) is 34.0 Å². The number of aliphatic carboxylic acids is 1. The fourth-order valence-electron chi connectivity index (χ4n) is 5.31. The van der Waals surface area contributed by atoms with Crippen LogP contribution in [0.5, 0.6) is 0 Å². The zero-order valence-electron chi connectivity index (χ0n) is 19.8. The molecular formula is C29H23ClN4O3. The molecule has 0 amide bonds. The molecule has 6 rings (SSSR count). The molecule has 1 unspecified atom stereocenters. The average molecular weight is 511 g/mol. The highest BCUT2D eigenvalue weighted by molar-refractivity contribution is 6.33. The summed E-state index contributed by atoms with van der Waals surface area (Å²) >= 11 is 6.58. The second kappa shape index (κ2) is 9.47. The van der Waals surface area contributed by atoms with Crippen LogP contribution in [-0.4, -0.2) is 27.3 Å². The number of carbonyl (C=O) groups is 1. The maximum atomic E-state index is 11.1. The smallest absolute Gasteiger partial charge is 0.306 e. The minimum absolute atomic E-state index is 0.215. The Hall–Kier alpha value is -3.99. The molecule has 1 heterocycles. The minimum atomic E-state index is -0.698. The molecule has 2 N–H and O–H groups in total. The van der Waals surface area contributed by atoms with Gasteiger partial charge in [-0.05, 0) is 61.1 Å². The number of fused-ring (bicyclic) bond motifs is 1. The molecule has 1 fully saturated rings. The van der Waals surface area contributed by atoms with Crippen molar-refractivity contribution in [3.05, 3.63) is 82.4 Å². The van der Waals surface area contributed by atoms with Gasteiger partial charge in [-0.2, -0.15) is 10.2 Å². The summed E-state index contributed by atoms with van der Waals surface area (Å²) in [6, 6.07) is 21.8. The number of aromatic nitrogens is 2. The Morgan fingerprint density at radius 2 is 1.89 bits per heavy atom. The van der Waals surface area contributed by atoms with Crippen LogP contribution < -0.4 is 5.32 Å². The molecule has 0 radical (unpaired) electrons. The van der Waals surface area contributed by atoms with E-state index >= 15 is 0 Å². The first-order valence-electron chi connectivity index (χ1n) is 12.3. The highest BCUT2D eigenvalue weighted by Gasteiger charge is 2.36. The first-order valence-corrected chi connectivity index (χ1v) is 12.6. The van der Waals surface area contributed by atoms with Gasteiger partial charge in [-0.25, -0.2) is 0 Å². The van der Waals surface area contributed by atoms with E-state index in [0.717, 1.165) is 29.5 Å². The number of carboxylic acid groups (broad SMARTS) is 1. The van der Waals surface area contributed by atoms with Crippen LogP contribution in [0.2, 0.25) is 5.02 Å². The van der Waals surface area contributed by atoms with Gasteiger partial charge in [0.2, 0.25) is 5.82 Å². The van der Waals surface area contributed by atoms with Gasteiger partial charge >= 0.3 is 5.97 Å². The van der Waals surface area contributed by atoms with Crippen molar-refractivity contribution in [2.24, 2.45) is 5.92 Å². The lowest BCUT2D eigenvalue weighted by Crippen LogP contribution is -2.45. The van der Waals surface area contributed by atoms with Crippen molar-refractivity contribution in [3.63, 3.8) is 0 Å². The van der Waals surface area contributed by atoms with Crippen molar-refractivity contribution < 1.29 is 14.4 Å². The van der Waals surface area contributed by atoms with Gasteiger partial charge in [0.25, 0.3) is 5.89 Å². The topological polar surface area (TPSA) is 112 Å². The molecule has 2 aliphatic carbocycles. The molecule has 4 aromatic rings. The van der Waals surface area contributed by atoms with Crippen LogP contribution in [0, 0.1) is 17.2 Å². The predicted octanol–water partition coefficient (Wildman–Crippen LogP) is 6.04. The molecule has 7 nitrogen and oxygen atoms in total. The summed E-state index contributed by atoms with van der Waals surface area (Å²) < 4.78 is 5.56. The molecule has 0 bridgehead atoms. The van der Waals surface area contributed by atoms with Gasteiger partial charge in [-0.1, -0.05) is 53.2 Å². The van der Waals surface area contributed by atoms with Gasteiger partial charge in [0.1, 0.15) is 0 Å². The quantitative estimate of drug-likeness (QED) is 0.325. The van der Waals surface area contributed by atoms with Crippen LogP contribution in [0.3, 0.4) is 0 Å². The van der Waals surface area contributed by atoms with Gasteiger partial charge < -0.3 is 14.9 Å². The Balaban J connectivity index is 1.19. The number of rotatable bonds is 6. The molecule has 3 aromatic carbocycles. The molecule has 2 aliphatic rings. The van der Waals surface area contributed by atoms with Crippen LogP contribution in [-0.2, 0) is 11.2 Å². The van der Waals surface area contributed by atoms with Crippen molar-refractivity contribution in [1.82, 2.24) is 15.5 Å². The number of halogens is 1. The monoisotopic (exact) mass is 510 g/mol. The summed E-state index contributed by atoms with van der Waals surface area (Å²) in [6.07, 6.45) is 3.33. The van der Waals surface area contributed by atoms with E-state index in [1.807, 2.05) is 36.4 Å². The second-order valence-corrected chi connectivity index (χ2v) is 10.1. The number of benzene rings is 3. The highest BCUT2D eigenvalue weighted by Crippen LogP contribution is 2.38. The molecule has 1 saturated carbocycles. The van der Waals surface area contributed by atoms with E-state index in [1.54, 1.807) is 12.1 Å². The maximum absolute atomic E-state index is 11.1. The lowest BCUT2D eigenvalue weighted by molar-refractivity contribution is -0.145. The van der Waals surface area contributed by atoms with Crippen molar-refractivity contribution in [2.45, 2.75) is 37.8 Å². The van der Waals surface area contributed by atoms with E-state index in [2.05, 4.69) is 33.7 Å². The predicted molar refractivity (Wildman–Crippen MR) is 139 cm³/mol. The number of nitrogens with zero attached hydrogens (tertiary/aromatic N) is 3. The SMILES string of the molecule is N#Cc1ccccc1-c1ccc(-c2nc(-c3ccc4c(c3)CCC4NC3CC(C(=O)O)C3)no2)cc1Cl. The van der Waals surface area contributed by atoms with Crippen LogP contribution in [0.4, 0.5) is 0 Å². The molecule has 37 heavy (non-hydrogen) atoms. The van der Waals surface area contributed by atoms with E-state index in [-0.39, 0.29) is 18.0 Å². The lowest BCUT2D eigenvalue weighted by Gasteiger charge is -2.35. The summed E-state index contributed by atoms with van der Waals surface area (Å²) in [5.41, 5.74) is 6.19. The number of hydrogen-bond donors (Lipinski definition) is 2. The summed E-state index contributed by atoms with van der Waals surface area (Å²) in [4.78, 5) is 15.7. The third kappa shape index (κ3) is 4.39. The van der Waals surface area contributed by atoms with E-state index in [0.29, 0.717) is 40.7 Å². The van der Waals surface area contributed by atoms with Crippen LogP contribution in [0.1, 0.15) is 42.0 Å². The van der Waals surface area contributed by atoms with E-state index in [4.69, 9.17) is 21.2 Å². The highest BCUT2D eigenvalue weighted by atomic mass is 35.5. The van der Waals surface area contributed by atoms with Crippen LogP contribution >= 0.6 is 11.6 Å². The molecule has 0 aliphatic heterocycles. The minimum Gasteiger partial charge on any atom is -0.481 e. The Bertz CT molecular complexity index is 1550. The molecule has 8 heteroatoms. The van der Waals surface area contributed by atoms with Gasteiger partial charge in [-0.15, -0.1) is 0 Å². The van der Waals surface area contributed by atoms with E-state index in [9.17, 15) is 10.1 Å². The van der Waals surface area contributed by atoms with Crippen molar-refractivity contribution in [2.75, 3.05) is 0 Å². The molecule has 184 valence electrons. The third-order valence-electron chi connectivity index (χ3n) is 7.38. The van der Waals surface area contributed by atoms with Gasteiger partial charge in [-0.3, -0.25) is 4.79 Å². The van der Waals surface area contributed by atoms with Crippen LogP contribution in [0.15, 0.2) is 65.2 Å². The van der Waals surface area contributed by atoms with Crippen molar-refractivity contribution >= 4 is 17.6 Å². The summed E-state index contributed by atoms with van der Waals surface area (Å²) in [6.45, 7) is 0. The van der Waals surface area contributed by atoms with Gasteiger partial charge in [0, 0.05) is 39.4 Å². The Kier molecular flexibility index (Phi) is 5.99. The Morgan fingerprint density at radius 1 is 1.08 bits per heavy atom. The maximum Gasteiger partial charge on any atom is 0.306 e. The second-order valence-electron chi connectivity index (χ2n) is 9.65. The largest absolute Gasteiger partial charge is 0.481 e. The first-order chi connectivity index (χ1) is 18.0. The standard InChI is InChI=1S/C29H23ClN4O3/c30-25-14-18(6-9-24(25)22-4-2-1-3-19(22)15-31)28-33-27(34-37-28)17-5-8-23-16(11-17)7-10-26(23)32-21-12-20(13-21)29(35)36/h1-6,8-9,11,14,20-21,26,32H,7,10,12-13H2,(H,35,36). The number of aryl methyl sites for hydroxylation is 1. The summed E-state index contributed by atoms with van der Waals surface area (Å²) in [5, 5.41) is 26.8. The van der Waals surface area contributed by atoms with E-state index in [1.165, 1.54) is 11.1 Å². The zero-order valence-corrected chi connectivity index (χ0v) is 20.6. The fraction of sp³-hybridized carbons (Fsp3) is 0.241. The average Bonchev–Trinajstić information content (AvgIpc) is 3.53. The molecular weight excluding hydrogens is 488 g/mol. The fourth-order valence-corrected chi connectivity index (χ4v) is 5.59. The van der Waals surface area contributed by atoms with Crippen molar-refractivity contribution in [3.8, 4) is 40.0 Å². The Morgan fingerprint density at radius 3 is 2.68 bits per heavy atom. The van der Waals surface area contributed by atoms with Gasteiger partial charge in [0.15, 0.2) is 0 Å². The first kappa shape index (κ1) is 23.4. The molecule has 0 spiro atoms. The van der Waals surface area contributed by atoms with Gasteiger partial charge in [0.05, 0.1) is 17.6 Å². The Labute approximate surface area is 218 Å². The lowest BCUT2D eigenvalue weighted by atomic mass is 9.80. The number of carboxylic acids is 1. The molecule has 0 saturated heterocycles. The zero-order chi connectivity index (χ0) is 25.5. The third-order valence-corrected chi connectivity index (χ3v) is 7.70. The normalized spacial score (nSPS) is 20.2. The number of nitriles is 1. The van der Waals surface area contributed by atoms with E-state index < -0.39 is 5.97 Å². The number of nitrogens with one attached hydrogen (secondary N) is 1.